The molecule has 0 radical (unpaired) electrons. The summed E-state index contributed by atoms with van der Waals surface area (Å²) in [6.45, 7) is 2.78. The number of carbonyl (C=O) groups is 1. The van der Waals surface area contributed by atoms with Gasteiger partial charge in [0.05, 0.1) is 18.2 Å². The van der Waals surface area contributed by atoms with E-state index >= 15 is 0 Å². The summed E-state index contributed by atoms with van der Waals surface area (Å²) in [7, 11) is 1.60. The van der Waals surface area contributed by atoms with Crippen LogP contribution in [-0.2, 0) is 13.1 Å². The average Bonchev–Trinajstić information content (AvgIpc) is 3.17. The zero-order valence-corrected chi connectivity index (χ0v) is 19.4. The van der Waals surface area contributed by atoms with Crippen molar-refractivity contribution in [3.8, 4) is 17.2 Å². The van der Waals surface area contributed by atoms with Crippen LogP contribution in [0.3, 0.4) is 0 Å². The number of pyridine rings is 1. The van der Waals surface area contributed by atoms with Gasteiger partial charge in [-0.2, -0.15) is 0 Å². The Kier molecular flexibility index (Phi) is 5.22. The van der Waals surface area contributed by atoms with E-state index in [-0.39, 0.29) is 28.8 Å². The minimum atomic E-state index is -0.201. The predicted octanol–water partition coefficient (Wildman–Crippen LogP) is 3.80. The molecule has 1 saturated heterocycles. The number of carbonyl (C=O) groups excluding carboxylic acids is 1. The normalized spacial score (nSPS) is 22.0. The third-order valence-corrected chi connectivity index (χ3v) is 7.24. The first-order valence-corrected chi connectivity index (χ1v) is 11.9. The molecule has 1 aromatic heterocycles. The molecule has 2 bridgehead atoms. The molecule has 7 heteroatoms. The van der Waals surface area contributed by atoms with Crippen LogP contribution in [0.15, 0.2) is 65.2 Å². The van der Waals surface area contributed by atoms with Crippen LogP contribution in [0.1, 0.15) is 39.5 Å². The van der Waals surface area contributed by atoms with Gasteiger partial charge in [-0.25, -0.2) is 0 Å². The highest BCUT2D eigenvalue weighted by Gasteiger charge is 2.36. The number of methoxy groups -OCH3 is 1. The molecular weight excluding hydrogens is 444 g/mol. The molecule has 4 heterocycles. The fourth-order valence-electron chi connectivity index (χ4n) is 5.68. The number of hydrogen-bond donors (Lipinski definition) is 1. The smallest absolute Gasteiger partial charge is 0.250 e. The van der Waals surface area contributed by atoms with Gasteiger partial charge >= 0.3 is 0 Å². The molecule has 0 spiro atoms. The second-order valence-electron chi connectivity index (χ2n) is 9.55. The number of nitrogens with zero attached hydrogens (tertiary/aromatic N) is 2. The number of rotatable bonds is 4. The lowest BCUT2D eigenvalue weighted by Gasteiger charge is -2.42. The molecule has 178 valence electrons. The van der Waals surface area contributed by atoms with Crippen molar-refractivity contribution >= 4 is 11.9 Å². The van der Waals surface area contributed by atoms with E-state index in [4.69, 9.17) is 9.47 Å². The number of benzene rings is 2. The number of ketones is 1. The van der Waals surface area contributed by atoms with Crippen LogP contribution in [0.5, 0.6) is 17.2 Å². The van der Waals surface area contributed by atoms with Gasteiger partial charge in [-0.3, -0.25) is 14.5 Å². The maximum absolute atomic E-state index is 13.1. The number of piperidine rings is 1. The molecule has 3 aliphatic rings. The van der Waals surface area contributed by atoms with Gasteiger partial charge in [0.1, 0.15) is 17.2 Å². The summed E-state index contributed by atoms with van der Waals surface area (Å²) < 4.78 is 13.2. The molecule has 0 amide bonds. The Labute approximate surface area is 202 Å². The summed E-state index contributed by atoms with van der Waals surface area (Å²) in [6, 6.07) is 16.1. The number of Topliss-reactive ketones (excluding diaryl/α,β-unsaturated/α-hetero) is 1. The number of aromatic nitrogens is 1. The number of phenolic OH excluding ortho intramolecular Hbond substituents is 1. The maximum Gasteiger partial charge on any atom is 0.250 e. The summed E-state index contributed by atoms with van der Waals surface area (Å²) in [5.74, 6) is 1.90. The zero-order chi connectivity index (χ0) is 24.1. The molecule has 1 N–H and O–H groups in total. The van der Waals surface area contributed by atoms with E-state index in [1.165, 1.54) is 0 Å². The van der Waals surface area contributed by atoms with Crippen LogP contribution < -0.4 is 15.0 Å². The molecule has 35 heavy (non-hydrogen) atoms. The first-order chi connectivity index (χ1) is 17.0. The lowest BCUT2D eigenvalue weighted by Crippen LogP contribution is -2.46. The van der Waals surface area contributed by atoms with Gasteiger partial charge in [0, 0.05) is 43.9 Å². The Morgan fingerprint density at radius 2 is 1.94 bits per heavy atom. The van der Waals surface area contributed by atoms with Crippen LogP contribution in [0, 0.1) is 5.92 Å². The summed E-state index contributed by atoms with van der Waals surface area (Å²) in [5.41, 5.74) is 3.02. The highest BCUT2D eigenvalue weighted by molar-refractivity contribution is 6.15. The third kappa shape index (κ3) is 3.82. The van der Waals surface area contributed by atoms with Crippen LogP contribution in [0.4, 0.5) is 0 Å². The molecule has 1 fully saturated rings. The van der Waals surface area contributed by atoms with E-state index in [9.17, 15) is 14.7 Å². The van der Waals surface area contributed by atoms with E-state index in [1.54, 1.807) is 31.4 Å². The Bertz CT molecular complexity index is 1420. The second kappa shape index (κ2) is 8.43. The van der Waals surface area contributed by atoms with Gasteiger partial charge in [0.15, 0.2) is 5.76 Å². The van der Waals surface area contributed by atoms with Gasteiger partial charge < -0.3 is 19.1 Å². The van der Waals surface area contributed by atoms with Crippen molar-refractivity contribution in [3.05, 3.63) is 93.1 Å². The average molecular weight is 471 g/mol. The van der Waals surface area contributed by atoms with Crippen molar-refractivity contribution in [2.45, 2.75) is 25.4 Å². The van der Waals surface area contributed by atoms with Crippen molar-refractivity contribution in [2.75, 3.05) is 20.2 Å². The zero-order valence-electron chi connectivity index (χ0n) is 19.4. The van der Waals surface area contributed by atoms with E-state index in [1.807, 2.05) is 41.0 Å². The summed E-state index contributed by atoms with van der Waals surface area (Å²) in [6.07, 6.45) is 2.76. The first kappa shape index (κ1) is 21.7. The molecule has 7 nitrogen and oxygen atoms in total. The molecule has 2 atom stereocenters. The lowest BCUT2D eigenvalue weighted by atomic mass is 9.83. The highest BCUT2D eigenvalue weighted by Crippen LogP contribution is 2.42. The fourth-order valence-corrected chi connectivity index (χ4v) is 5.68. The minimum Gasteiger partial charge on any atom is -0.507 e. The number of hydrogen-bond acceptors (Lipinski definition) is 6. The van der Waals surface area contributed by atoms with Crippen LogP contribution in [0.2, 0.25) is 0 Å². The monoisotopic (exact) mass is 470 g/mol. The molecule has 3 aliphatic heterocycles. The Balaban J connectivity index is 1.28. The highest BCUT2D eigenvalue weighted by atomic mass is 16.5. The number of ether oxygens (including phenoxy) is 2. The number of allylic oxidation sites excluding steroid dienone is 1. The molecule has 6 rings (SSSR count). The Morgan fingerprint density at radius 3 is 2.80 bits per heavy atom. The van der Waals surface area contributed by atoms with Crippen molar-refractivity contribution < 1.29 is 19.4 Å². The summed E-state index contributed by atoms with van der Waals surface area (Å²) >= 11 is 0. The van der Waals surface area contributed by atoms with E-state index in [2.05, 4.69) is 4.90 Å². The maximum atomic E-state index is 13.1. The van der Waals surface area contributed by atoms with Gasteiger partial charge in [-0.1, -0.05) is 18.2 Å². The molecule has 0 unspecified atom stereocenters. The topological polar surface area (TPSA) is 81.0 Å². The minimum absolute atomic E-state index is 0.0615. The quantitative estimate of drug-likeness (QED) is 0.585. The number of aromatic hydroxyl groups is 1. The largest absolute Gasteiger partial charge is 0.507 e. The summed E-state index contributed by atoms with van der Waals surface area (Å²) in [5, 5.41) is 10.7. The molecule has 0 aliphatic carbocycles. The van der Waals surface area contributed by atoms with Crippen molar-refractivity contribution in [1.82, 2.24) is 9.47 Å². The third-order valence-electron chi connectivity index (χ3n) is 7.24. The van der Waals surface area contributed by atoms with Crippen molar-refractivity contribution in [2.24, 2.45) is 5.92 Å². The van der Waals surface area contributed by atoms with Gasteiger partial charge in [-0.15, -0.1) is 0 Å². The van der Waals surface area contributed by atoms with Crippen LogP contribution >= 0.6 is 0 Å². The number of phenols is 1. The van der Waals surface area contributed by atoms with E-state index in [0.717, 1.165) is 30.8 Å². The first-order valence-electron chi connectivity index (χ1n) is 11.9. The lowest BCUT2D eigenvalue weighted by molar-refractivity contribution is 0.101. The van der Waals surface area contributed by atoms with E-state index < -0.39 is 0 Å². The summed E-state index contributed by atoms with van der Waals surface area (Å²) in [4.78, 5) is 27.7. The van der Waals surface area contributed by atoms with Gasteiger partial charge in [-0.05, 0) is 54.3 Å². The Morgan fingerprint density at radius 1 is 1.09 bits per heavy atom. The van der Waals surface area contributed by atoms with Gasteiger partial charge in [0.2, 0.25) is 5.78 Å². The SMILES string of the molecule is COc1cccc(/C=C2\Oc3c(ccc(O)c3CN3C[C@@H]4C[C@@H](C3)c3cccc(=O)n3C4)C2=O)c1. The number of likely N-dealkylation sites (tertiary alicyclic amines) is 1. The molecule has 2 aromatic carbocycles. The predicted molar refractivity (Wildman–Crippen MR) is 131 cm³/mol. The standard InChI is InChI=1S/C28H26N2O5/c1-34-20-5-2-4-17(11-20)12-25-27(33)21-8-9-24(31)22(28(21)35-25)16-29-13-18-10-19(15-29)23-6-3-7-26(32)30(23)14-18/h2-9,11-12,18-19,31H,10,13-16H2,1H3/b25-12-/t18-,19-/m0/s1. The van der Waals surface area contributed by atoms with Crippen LogP contribution in [-0.4, -0.2) is 40.6 Å². The van der Waals surface area contributed by atoms with Crippen molar-refractivity contribution in [3.63, 3.8) is 0 Å². The van der Waals surface area contributed by atoms with Gasteiger partial charge in [0.25, 0.3) is 5.56 Å². The fraction of sp³-hybridized carbons (Fsp3) is 0.286. The van der Waals surface area contributed by atoms with Crippen molar-refractivity contribution in [1.29, 1.82) is 0 Å². The molecule has 3 aromatic rings. The van der Waals surface area contributed by atoms with Crippen LogP contribution in [0.25, 0.3) is 6.08 Å². The Hall–Kier alpha value is -3.84. The molecular formula is C28H26N2O5. The second-order valence-corrected chi connectivity index (χ2v) is 9.55. The molecule has 0 saturated carbocycles. The van der Waals surface area contributed by atoms with E-state index in [0.29, 0.717) is 41.6 Å². The number of fused-ring (bicyclic) bond motifs is 5.